The van der Waals surface area contributed by atoms with Gasteiger partial charge in [-0.05, 0) is 26.7 Å². The van der Waals surface area contributed by atoms with Gasteiger partial charge in [0.2, 0.25) is 0 Å². The van der Waals surface area contributed by atoms with Crippen LogP contribution in [0.15, 0.2) is 10.4 Å². The number of ether oxygens (including phenoxy) is 1. The molecule has 2 heterocycles. The summed E-state index contributed by atoms with van der Waals surface area (Å²) in [5, 5.41) is 15.1. The number of nitrogens with one attached hydrogen (secondary N) is 1. The van der Waals surface area contributed by atoms with Crippen molar-refractivity contribution >= 4 is 41.3 Å². The van der Waals surface area contributed by atoms with Gasteiger partial charge < -0.3 is 19.5 Å². The number of halogens is 1. The van der Waals surface area contributed by atoms with Crippen LogP contribution in [0.2, 0.25) is 0 Å². The second-order valence-electron chi connectivity index (χ2n) is 7.40. The van der Waals surface area contributed by atoms with Crippen molar-refractivity contribution in [2.45, 2.75) is 64.8 Å². The number of guanidine groups is 1. The fourth-order valence-corrected chi connectivity index (χ4v) is 4.11. The lowest BCUT2D eigenvalue weighted by Gasteiger charge is -2.24. The molecule has 8 nitrogen and oxygen atoms in total. The van der Waals surface area contributed by atoms with Crippen molar-refractivity contribution in [3.63, 3.8) is 0 Å². The van der Waals surface area contributed by atoms with Crippen LogP contribution in [-0.4, -0.2) is 50.8 Å². The molecule has 2 aromatic rings. The highest BCUT2D eigenvalue weighted by atomic mass is 127. The Morgan fingerprint density at radius 2 is 2.14 bits per heavy atom. The number of rotatable bonds is 7. The third kappa shape index (κ3) is 6.35. The molecule has 1 N–H and O–H groups in total. The fraction of sp³-hybridized carbons (Fsp3) is 0.684. The molecule has 0 amide bonds. The lowest BCUT2D eigenvalue weighted by molar-refractivity contribution is 0.119. The fourth-order valence-electron chi connectivity index (χ4n) is 3.26. The molecule has 1 aliphatic rings. The molecule has 3 rings (SSSR count). The van der Waals surface area contributed by atoms with Crippen molar-refractivity contribution in [2.75, 3.05) is 14.2 Å². The van der Waals surface area contributed by atoms with E-state index in [2.05, 4.69) is 32.8 Å². The Bertz CT molecular complexity index is 800. The van der Waals surface area contributed by atoms with Gasteiger partial charge in [-0.25, -0.2) is 9.98 Å². The largest absolute Gasteiger partial charge is 0.375 e. The minimum Gasteiger partial charge on any atom is -0.375 e. The van der Waals surface area contributed by atoms with E-state index in [4.69, 9.17) is 14.7 Å². The first kappa shape index (κ1) is 24.0. The molecule has 29 heavy (non-hydrogen) atoms. The summed E-state index contributed by atoms with van der Waals surface area (Å²) in [5.41, 5.74) is 1.03. The standard InChI is InChI=1S/C19H31N7OS.HI/c1-13(27-5)18-21-16(12-28-18)11-25(3)19(22-15-8-6-7-9-15)20-10-17-24-23-14(2)26(17)4;/h12-13,15H,6-11H2,1-5H3,(H,20,22);1H. The van der Waals surface area contributed by atoms with Crippen LogP contribution < -0.4 is 5.32 Å². The van der Waals surface area contributed by atoms with E-state index in [1.165, 1.54) is 25.7 Å². The normalized spacial score (nSPS) is 16.0. The number of nitrogens with zero attached hydrogens (tertiary/aromatic N) is 6. The van der Waals surface area contributed by atoms with E-state index in [1.54, 1.807) is 18.4 Å². The van der Waals surface area contributed by atoms with Gasteiger partial charge in [0.1, 0.15) is 23.5 Å². The zero-order chi connectivity index (χ0) is 20.1. The molecule has 1 atom stereocenters. The Labute approximate surface area is 194 Å². The van der Waals surface area contributed by atoms with E-state index in [-0.39, 0.29) is 30.1 Å². The third-order valence-electron chi connectivity index (χ3n) is 5.27. The molecule has 1 unspecified atom stereocenters. The van der Waals surface area contributed by atoms with Crippen LogP contribution in [0.25, 0.3) is 0 Å². The van der Waals surface area contributed by atoms with Crippen LogP contribution >= 0.6 is 35.3 Å². The number of hydrogen-bond acceptors (Lipinski definition) is 6. The van der Waals surface area contributed by atoms with Crippen molar-refractivity contribution in [1.29, 1.82) is 0 Å². The number of aryl methyl sites for hydroxylation is 1. The van der Waals surface area contributed by atoms with Gasteiger partial charge >= 0.3 is 0 Å². The molecule has 0 saturated heterocycles. The van der Waals surface area contributed by atoms with E-state index < -0.39 is 0 Å². The van der Waals surface area contributed by atoms with Crippen molar-refractivity contribution < 1.29 is 4.74 Å². The molecule has 1 aliphatic carbocycles. The minimum absolute atomic E-state index is 0. The Kier molecular flexibility index (Phi) is 9.28. The monoisotopic (exact) mass is 533 g/mol. The SMILES string of the molecule is COC(C)c1nc(CN(C)C(=NCc2nnc(C)n2C)NC2CCCC2)cs1.I. The zero-order valence-corrected chi connectivity index (χ0v) is 21.0. The molecule has 1 fully saturated rings. The van der Waals surface area contributed by atoms with E-state index in [1.807, 2.05) is 25.5 Å². The van der Waals surface area contributed by atoms with Crippen molar-refractivity contribution in [1.82, 2.24) is 30.0 Å². The van der Waals surface area contributed by atoms with Gasteiger partial charge in [0.25, 0.3) is 0 Å². The number of thiazole rings is 1. The summed E-state index contributed by atoms with van der Waals surface area (Å²) in [6, 6.07) is 0.488. The first-order valence-corrected chi connectivity index (χ1v) is 10.7. The average Bonchev–Trinajstić information content (AvgIpc) is 3.42. The Hall–Kier alpha value is -1.27. The highest BCUT2D eigenvalue weighted by Crippen LogP contribution is 2.21. The van der Waals surface area contributed by atoms with E-state index in [9.17, 15) is 0 Å². The summed E-state index contributed by atoms with van der Waals surface area (Å²) < 4.78 is 7.36. The molecule has 0 spiro atoms. The summed E-state index contributed by atoms with van der Waals surface area (Å²) in [6.07, 6.45) is 4.97. The molecular weight excluding hydrogens is 501 g/mol. The summed E-state index contributed by atoms with van der Waals surface area (Å²) in [7, 11) is 5.74. The van der Waals surface area contributed by atoms with Crippen LogP contribution in [0.5, 0.6) is 0 Å². The molecule has 2 aromatic heterocycles. The van der Waals surface area contributed by atoms with Crippen LogP contribution in [-0.2, 0) is 24.9 Å². The highest BCUT2D eigenvalue weighted by Gasteiger charge is 2.19. The van der Waals surface area contributed by atoms with Crippen LogP contribution in [0.1, 0.15) is 61.1 Å². The molecule has 0 bridgehead atoms. The molecule has 0 radical (unpaired) electrons. The number of methoxy groups -OCH3 is 1. The second-order valence-corrected chi connectivity index (χ2v) is 8.29. The van der Waals surface area contributed by atoms with Gasteiger partial charge in [-0.1, -0.05) is 12.8 Å². The van der Waals surface area contributed by atoms with Gasteiger partial charge in [-0.2, -0.15) is 0 Å². The lowest BCUT2D eigenvalue weighted by atomic mass is 10.2. The van der Waals surface area contributed by atoms with Gasteiger partial charge in [0.15, 0.2) is 11.8 Å². The minimum atomic E-state index is 0. The molecule has 162 valence electrons. The average molecular weight is 533 g/mol. The van der Waals surface area contributed by atoms with Gasteiger partial charge in [-0.15, -0.1) is 45.5 Å². The van der Waals surface area contributed by atoms with Crippen molar-refractivity contribution in [3.05, 3.63) is 27.7 Å². The molecule has 10 heteroatoms. The van der Waals surface area contributed by atoms with Gasteiger partial charge in [-0.3, -0.25) is 0 Å². The van der Waals surface area contributed by atoms with Gasteiger partial charge in [0.05, 0.1) is 12.2 Å². The maximum atomic E-state index is 5.37. The molecular formula is C19H32IN7OS. The van der Waals surface area contributed by atoms with Crippen LogP contribution in [0.3, 0.4) is 0 Å². The summed E-state index contributed by atoms with van der Waals surface area (Å²) in [4.78, 5) is 11.7. The van der Waals surface area contributed by atoms with Crippen LogP contribution in [0.4, 0.5) is 0 Å². The maximum Gasteiger partial charge on any atom is 0.194 e. The third-order valence-corrected chi connectivity index (χ3v) is 6.33. The Balaban J connectivity index is 0.00000300. The predicted molar refractivity (Wildman–Crippen MR) is 127 cm³/mol. The smallest absolute Gasteiger partial charge is 0.194 e. The topological polar surface area (TPSA) is 80.5 Å². The van der Waals surface area contributed by atoms with Crippen LogP contribution in [0, 0.1) is 6.92 Å². The van der Waals surface area contributed by atoms with Crippen molar-refractivity contribution in [2.24, 2.45) is 12.0 Å². The quantitative estimate of drug-likeness (QED) is 0.334. The van der Waals surface area contributed by atoms with E-state index in [0.29, 0.717) is 19.1 Å². The number of aromatic nitrogens is 4. The molecule has 1 saturated carbocycles. The molecule has 0 aromatic carbocycles. The maximum absolute atomic E-state index is 5.37. The number of aliphatic imine (C=N–C) groups is 1. The first-order valence-electron chi connectivity index (χ1n) is 9.82. The predicted octanol–water partition coefficient (Wildman–Crippen LogP) is 3.43. The summed E-state index contributed by atoms with van der Waals surface area (Å²) in [5.74, 6) is 2.65. The second kappa shape index (κ2) is 11.2. The van der Waals surface area contributed by atoms with E-state index in [0.717, 1.165) is 28.3 Å². The summed E-state index contributed by atoms with van der Waals surface area (Å²) >= 11 is 1.64. The summed E-state index contributed by atoms with van der Waals surface area (Å²) in [6.45, 7) is 5.16. The zero-order valence-electron chi connectivity index (χ0n) is 17.9. The number of hydrogen-bond donors (Lipinski definition) is 1. The Morgan fingerprint density at radius 3 is 2.76 bits per heavy atom. The first-order chi connectivity index (χ1) is 13.5. The van der Waals surface area contributed by atoms with Gasteiger partial charge in [0, 0.05) is 32.6 Å². The van der Waals surface area contributed by atoms with Crippen molar-refractivity contribution in [3.8, 4) is 0 Å². The Morgan fingerprint density at radius 1 is 1.41 bits per heavy atom. The molecule has 0 aliphatic heterocycles. The highest BCUT2D eigenvalue weighted by molar-refractivity contribution is 14.0. The lowest BCUT2D eigenvalue weighted by Crippen LogP contribution is -2.43. The van der Waals surface area contributed by atoms with E-state index >= 15 is 0 Å².